The van der Waals surface area contributed by atoms with Crippen molar-refractivity contribution in [2.24, 2.45) is 0 Å². The zero-order chi connectivity index (χ0) is 17.5. The molecule has 2 amide bonds. The van der Waals surface area contributed by atoms with Gasteiger partial charge in [-0.25, -0.2) is 0 Å². The molecule has 24 heavy (non-hydrogen) atoms. The fourth-order valence-corrected chi connectivity index (χ4v) is 2.61. The summed E-state index contributed by atoms with van der Waals surface area (Å²) in [4.78, 5) is 25.9. The number of carbonyl (C=O) groups excluding carboxylic acids is 2. The predicted molar refractivity (Wildman–Crippen MR) is 96.7 cm³/mol. The number of anilines is 1. The molecule has 0 aliphatic rings. The third kappa shape index (κ3) is 4.69. The molecule has 0 aliphatic heterocycles. The third-order valence-electron chi connectivity index (χ3n) is 4.11. The zero-order valence-electron chi connectivity index (χ0n) is 14.5. The minimum absolute atomic E-state index is 0.0287. The Balaban J connectivity index is 2.04. The largest absolute Gasteiger partial charge is 0.327 e. The summed E-state index contributed by atoms with van der Waals surface area (Å²) in [5.74, 6) is -0.319. The Morgan fingerprint density at radius 1 is 1.04 bits per heavy atom. The van der Waals surface area contributed by atoms with Gasteiger partial charge in [0.2, 0.25) is 11.8 Å². The van der Waals surface area contributed by atoms with E-state index >= 15 is 0 Å². The molecule has 2 aromatic carbocycles. The van der Waals surface area contributed by atoms with E-state index in [4.69, 9.17) is 0 Å². The van der Waals surface area contributed by atoms with Crippen LogP contribution in [0.25, 0.3) is 0 Å². The van der Waals surface area contributed by atoms with Gasteiger partial charge in [-0.1, -0.05) is 49.4 Å². The highest BCUT2D eigenvalue weighted by Crippen LogP contribution is 2.20. The first-order valence-electron chi connectivity index (χ1n) is 8.22. The van der Waals surface area contributed by atoms with Gasteiger partial charge in [0, 0.05) is 12.6 Å². The number of benzene rings is 2. The summed E-state index contributed by atoms with van der Waals surface area (Å²) in [6.07, 6.45) is 0.959. The topological polar surface area (TPSA) is 49.4 Å². The molecular formula is C20H24N2O2. The molecule has 0 aromatic heterocycles. The molecule has 0 aliphatic carbocycles. The van der Waals surface area contributed by atoms with Gasteiger partial charge in [-0.05, 0) is 36.6 Å². The molecule has 0 radical (unpaired) electrons. The molecule has 1 N–H and O–H groups in total. The van der Waals surface area contributed by atoms with Crippen molar-refractivity contribution in [3.63, 3.8) is 0 Å². The van der Waals surface area contributed by atoms with Gasteiger partial charge in [-0.3, -0.25) is 9.59 Å². The van der Waals surface area contributed by atoms with Crippen LogP contribution in [0.4, 0.5) is 5.69 Å². The minimum Gasteiger partial charge on any atom is -0.327 e. The number of carbonyl (C=O) groups is 2. The lowest BCUT2D eigenvalue weighted by atomic mass is 10.1. The summed E-state index contributed by atoms with van der Waals surface area (Å²) in [6.45, 7) is 5.53. The fraction of sp³-hybridized carbons (Fsp3) is 0.300. The number of nitrogens with one attached hydrogen (secondary N) is 1. The molecule has 0 saturated heterocycles. The van der Waals surface area contributed by atoms with E-state index in [0.717, 1.165) is 17.7 Å². The highest BCUT2D eigenvalue weighted by Gasteiger charge is 2.21. The molecule has 4 nitrogen and oxygen atoms in total. The highest BCUT2D eigenvalue weighted by atomic mass is 16.2. The first kappa shape index (κ1) is 17.7. The van der Waals surface area contributed by atoms with Crippen molar-refractivity contribution in [2.45, 2.75) is 33.2 Å². The lowest BCUT2D eigenvalue weighted by Gasteiger charge is -2.28. The van der Waals surface area contributed by atoms with Crippen molar-refractivity contribution < 1.29 is 9.59 Å². The Hall–Kier alpha value is -2.62. The van der Waals surface area contributed by atoms with Crippen molar-refractivity contribution in [3.8, 4) is 0 Å². The van der Waals surface area contributed by atoms with E-state index in [9.17, 15) is 9.59 Å². The molecule has 2 rings (SSSR count). The molecule has 0 saturated carbocycles. The number of hydrogen-bond acceptors (Lipinski definition) is 2. The van der Waals surface area contributed by atoms with Crippen LogP contribution in [0.3, 0.4) is 0 Å². The van der Waals surface area contributed by atoms with Gasteiger partial charge < -0.3 is 10.2 Å². The maximum absolute atomic E-state index is 12.3. The molecule has 126 valence electrons. The lowest BCUT2D eigenvalue weighted by molar-refractivity contribution is -0.134. The molecule has 1 atom stereocenters. The predicted octanol–water partition coefficient (Wildman–Crippen LogP) is 3.80. The normalized spacial score (nSPS) is 11.6. The number of nitrogens with zero attached hydrogens (tertiary/aromatic N) is 1. The van der Waals surface area contributed by atoms with Crippen molar-refractivity contribution >= 4 is 17.5 Å². The van der Waals surface area contributed by atoms with Crippen LogP contribution in [0.15, 0.2) is 54.6 Å². The zero-order valence-corrected chi connectivity index (χ0v) is 14.5. The average Bonchev–Trinajstić information content (AvgIpc) is 2.60. The number of rotatable bonds is 6. The summed E-state index contributed by atoms with van der Waals surface area (Å²) < 4.78 is 0. The number of aryl methyl sites for hydroxylation is 1. The summed E-state index contributed by atoms with van der Waals surface area (Å²) in [7, 11) is 0. The molecule has 4 heteroatoms. The van der Waals surface area contributed by atoms with Crippen LogP contribution in [-0.4, -0.2) is 23.3 Å². The second-order valence-corrected chi connectivity index (χ2v) is 5.83. The Bertz CT molecular complexity index is 681. The van der Waals surface area contributed by atoms with Gasteiger partial charge >= 0.3 is 0 Å². The van der Waals surface area contributed by atoms with Crippen molar-refractivity contribution in [3.05, 3.63) is 65.7 Å². The van der Waals surface area contributed by atoms with Crippen LogP contribution in [0.2, 0.25) is 0 Å². The maximum atomic E-state index is 12.3. The standard InChI is InChI=1S/C20H24N2O2/c1-4-17-10-12-19(13-11-17)21-20(24)14-22(16(3)23)15(2)18-8-6-5-7-9-18/h5-13,15H,4,14H2,1-3H3,(H,21,24). The quantitative estimate of drug-likeness (QED) is 0.878. The molecule has 0 spiro atoms. The number of hydrogen-bond donors (Lipinski definition) is 1. The van der Waals surface area contributed by atoms with E-state index in [2.05, 4.69) is 12.2 Å². The van der Waals surface area contributed by atoms with Gasteiger partial charge in [0.05, 0.1) is 6.04 Å². The molecular weight excluding hydrogens is 300 g/mol. The fourth-order valence-electron chi connectivity index (χ4n) is 2.61. The molecule has 1 unspecified atom stereocenters. The van der Waals surface area contributed by atoms with Gasteiger partial charge in [-0.2, -0.15) is 0 Å². The molecule has 0 fully saturated rings. The third-order valence-corrected chi connectivity index (χ3v) is 4.11. The van der Waals surface area contributed by atoms with Gasteiger partial charge in [0.25, 0.3) is 0 Å². The van der Waals surface area contributed by atoms with Crippen molar-refractivity contribution in [2.75, 3.05) is 11.9 Å². The van der Waals surface area contributed by atoms with Crippen molar-refractivity contribution in [1.29, 1.82) is 0 Å². The summed E-state index contributed by atoms with van der Waals surface area (Å²) in [5.41, 5.74) is 2.97. The minimum atomic E-state index is -0.197. The smallest absolute Gasteiger partial charge is 0.244 e. The highest BCUT2D eigenvalue weighted by molar-refractivity contribution is 5.94. The maximum Gasteiger partial charge on any atom is 0.244 e. The second-order valence-electron chi connectivity index (χ2n) is 5.83. The van der Waals surface area contributed by atoms with Gasteiger partial charge in [0.15, 0.2) is 0 Å². The van der Waals surface area contributed by atoms with Gasteiger partial charge in [-0.15, -0.1) is 0 Å². The van der Waals surface area contributed by atoms with Gasteiger partial charge in [0.1, 0.15) is 6.54 Å². The van der Waals surface area contributed by atoms with Crippen molar-refractivity contribution in [1.82, 2.24) is 4.90 Å². The first-order chi connectivity index (χ1) is 11.5. The van der Waals surface area contributed by atoms with E-state index in [1.165, 1.54) is 12.5 Å². The Labute approximate surface area is 143 Å². The van der Waals surface area contributed by atoms with E-state index in [0.29, 0.717) is 0 Å². The molecule has 0 bridgehead atoms. The summed E-state index contributed by atoms with van der Waals surface area (Å²) >= 11 is 0. The monoisotopic (exact) mass is 324 g/mol. The van der Waals surface area contributed by atoms with Crippen LogP contribution in [0, 0.1) is 0 Å². The Morgan fingerprint density at radius 2 is 1.67 bits per heavy atom. The first-order valence-corrected chi connectivity index (χ1v) is 8.22. The summed E-state index contributed by atoms with van der Waals surface area (Å²) in [6, 6.07) is 17.3. The van der Waals surface area contributed by atoms with Crippen LogP contribution in [0.1, 0.15) is 37.9 Å². The average molecular weight is 324 g/mol. The van der Waals surface area contributed by atoms with Crippen LogP contribution >= 0.6 is 0 Å². The Morgan fingerprint density at radius 3 is 2.21 bits per heavy atom. The van der Waals surface area contributed by atoms with Crippen LogP contribution in [-0.2, 0) is 16.0 Å². The van der Waals surface area contributed by atoms with E-state index in [1.807, 2.05) is 61.5 Å². The number of amides is 2. The summed E-state index contributed by atoms with van der Waals surface area (Å²) in [5, 5.41) is 2.85. The van der Waals surface area contributed by atoms with E-state index in [-0.39, 0.29) is 24.4 Å². The molecule has 2 aromatic rings. The SMILES string of the molecule is CCc1ccc(NC(=O)CN(C(C)=O)C(C)c2ccccc2)cc1. The van der Waals surface area contributed by atoms with Crippen LogP contribution in [0.5, 0.6) is 0 Å². The molecule has 0 heterocycles. The second kappa shape index (κ2) is 8.29. The van der Waals surface area contributed by atoms with Crippen LogP contribution < -0.4 is 5.32 Å². The Kier molecular flexibility index (Phi) is 6.13. The van der Waals surface area contributed by atoms with E-state index < -0.39 is 0 Å². The lowest BCUT2D eigenvalue weighted by Crippen LogP contribution is -2.38. The van der Waals surface area contributed by atoms with E-state index in [1.54, 1.807) is 4.90 Å².